The first-order chi connectivity index (χ1) is 13.3. The van der Waals surface area contributed by atoms with Crippen LogP contribution in [0.1, 0.15) is 32.6 Å². The van der Waals surface area contributed by atoms with Crippen LogP contribution in [0.5, 0.6) is 0 Å². The number of hydrogen-bond acceptors (Lipinski definition) is 8. The molecule has 28 heavy (non-hydrogen) atoms. The summed E-state index contributed by atoms with van der Waals surface area (Å²) in [6, 6.07) is 0. The van der Waals surface area contributed by atoms with Crippen molar-refractivity contribution in [1.82, 2.24) is 0 Å². The van der Waals surface area contributed by atoms with Crippen LogP contribution in [0.25, 0.3) is 0 Å². The van der Waals surface area contributed by atoms with Crippen LogP contribution in [0.4, 0.5) is 0 Å². The maximum Gasteiger partial charge on any atom is 0.334 e. The van der Waals surface area contributed by atoms with Crippen molar-refractivity contribution < 1.29 is 38.8 Å². The number of aliphatic hydroxyl groups is 2. The molecule has 8 nitrogen and oxygen atoms in total. The van der Waals surface area contributed by atoms with E-state index in [1.807, 2.05) is 0 Å². The lowest BCUT2D eigenvalue weighted by Crippen LogP contribution is -2.47. The summed E-state index contributed by atoms with van der Waals surface area (Å²) in [4.78, 5) is 35.9. The van der Waals surface area contributed by atoms with Gasteiger partial charge < -0.3 is 24.4 Å². The summed E-state index contributed by atoms with van der Waals surface area (Å²) < 4.78 is 16.3. The van der Waals surface area contributed by atoms with Crippen molar-refractivity contribution in [3.63, 3.8) is 0 Å². The molecule has 2 saturated heterocycles. The van der Waals surface area contributed by atoms with Crippen LogP contribution in [-0.4, -0.2) is 59.0 Å². The number of allylic oxidation sites excluding steroid dienone is 2. The second-order valence-electron chi connectivity index (χ2n) is 7.44. The number of fused-ring (bicyclic) bond motifs is 1. The highest BCUT2D eigenvalue weighted by Crippen LogP contribution is 2.45. The van der Waals surface area contributed by atoms with Gasteiger partial charge >= 0.3 is 11.9 Å². The average molecular weight is 392 g/mol. The normalized spacial score (nSPS) is 35.6. The van der Waals surface area contributed by atoms with E-state index in [4.69, 9.17) is 14.2 Å². The molecule has 0 saturated carbocycles. The number of epoxide rings is 1. The highest BCUT2D eigenvalue weighted by molar-refractivity contribution is 5.91. The summed E-state index contributed by atoms with van der Waals surface area (Å²) in [6.07, 6.45) is 1.67. The fraction of sp³-hybridized carbons (Fsp3) is 0.550. The predicted octanol–water partition coefficient (Wildman–Crippen LogP) is 1.29. The van der Waals surface area contributed by atoms with Gasteiger partial charge in [0.05, 0.1) is 24.7 Å². The molecule has 2 aliphatic heterocycles. The van der Waals surface area contributed by atoms with Gasteiger partial charge in [-0.2, -0.15) is 0 Å². The smallest absolute Gasteiger partial charge is 0.334 e. The molecule has 0 amide bonds. The fourth-order valence-electron chi connectivity index (χ4n) is 3.73. The standard InChI is InChI=1S/C20H24O8/c1-11(22)5-6-15(23)27-14-8-13(9-21)4-3-7-20(10-26-20)18(24)17-16(14)12(2)19(25)28-17/h5,8-9,14,16-18,22,24H,2-4,6-7,10H2,1H3. The van der Waals surface area contributed by atoms with Gasteiger partial charge in [-0.3, -0.25) is 9.59 Å². The molecule has 2 N–H and O–H groups in total. The molecule has 3 aliphatic rings. The Morgan fingerprint density at radius 2 is 2.21 bits per heavy atom. The first kappa shape index (κ1) is 20.3. The third-order valence-electron chi connectivity index (χ3n) is 5.41. The molecule has 1 spiro atoms. The molecule has 5 unspecified atom stereocenters. The first-order valence-electron chi connectivity index (χ1n) is 9.20. The van der Waals surface area contributed by atoms with Crippen molar-refractivity contribution >= 4 is 18.2 Å². The molecule has 8 heteroatoms. The van der Waals surface area contributed by atoms with E-state index in [2.05, 4.69) is 6.58 Å². The lowest BCUT2D eigenvalue weighted by atomic mass is 9.80. The molecule has 1 aliphatic carbocycles. The maximum atomic E-state index is 12.2. The number of rotatable bonds is 4. The third-order valence-corrected chi connectivity index (χ3v) is 5.41. The van der Waals surface area contributed by atoms with Crippen LogP contribution in [0.3, 0.4) is 0 Å². The molecule has 5 atom stereocenters. The average Bonchev–Trinajstić information content (AvgIpc) is 3.38. The van der Waals surface area contributed by atoms with E-state index in [1.54, 1.807) is 0 Å². The van der Waals surface area contributed by atoms with Crippen molar-refractivity contribution in [3.8, 4) is 0 Å². The van der Waals surface area contributed by atoms with E-state index in [9.17, 15) is 24.6 Å². The highest BCUT2D eigenvalue weighted by atomic mass is 16.6. The van der Waals surface area contributed by atoms with Gasteiger partial charge in [0.25, 0.3) is 0 Å². The quantitative estimate of drug-likeness (QED) is 0.241. The molecule has 0 aromatic heterocycles. The summed E-state index contributed by atoms with van der Waals surface area (Å²) in [5, 5.41) is 20.1. The lowest BCUT2D eigenvalue weighted by molar-refractivity contribution is -0.154. The molecular formula is C20H24O8. The highest BCUT2D eigenvalue weighted by Gasteiger charge is 2.59. The second kappa shape index (κ2) is 7.89. The van der Waals surface area contributed by atoms with E-state index in [1.165, 1.54) is 19.1 Å². The molecule has 2 fully saturated rings. The minimum absolute atomic E-state index is 0.0306. The Labute approximate surface area is 162 Å². The maximum absolute atomic E-state index is 12.2. The number of aldehydes is 1. The van der Waals surface area contributed by atoms with Gasteiger partial charge in [0.2, 0.25) is 0 Å². The molecule has 2 heterocycles. The van der Waals surface area contributed by atoms with Gasteiger partial charge in [-0.25, -0.2) is 4.79 Å². The first-order valence-corrected chi connectivity index (χ1v) is 9.20. The number of aliphatic hydroxyl groups excluding tert-OH is 2. The summed E-state index contributed by atoms with van der Waals surface area (Å²) >= 11 is 0. The Balaban J connectivity index is 1.95. The number of esters is 2. The Morgan fingerprint density at radius 3 is 2.82 bits per heavy atom. The van der Waals surface area contributed by atoms with Gasteiger partial charge in [0, 0.05) is 5.57 Å². The minimum Gasteiger partial charge on any atom is -0.513 e. The molecule has 0 aromatic carbocycles. The van der Waals surface area contributed by atoms with Crippen molar-refractivity contribution in [2.45, 2.75) is 56.5 Å². The zero-order chi connectivity index (χ0) is 20.5. The second-order valence-corrected chi connectivity index (χ2v) is 7.44. The number of carbonyl (C=O) groups excluding carboxylic acids is 3. The number of ether oxygens (including phenoxy) is 3. The Hall–Kier alpha value is -2.45. The van der Waals surface area contributed by atoms with Crippen LogP contribution in [0, 0.1) is 5.92 Å². The molecule has 0 bridgehead atoms. The van der Waals surface area contributed by atoms with E-state index in [0.29, 0.717) is 37.7 Å². The van der Waals surface area contributed by atoms with Crippen LogP contribution in [-0.2, 0) is 28.6 Å². The largest absolute Gasteiger partial charge is 0.513 e. The topological polar surface area (TPSA) is 123 Å². The van der Waals surface area contributed by atoms with E-state index < -0.39 is 41.8 Å². The van der Waals surface area contributed by atoms with Crippen LogP contribution in [0.2, 0.25) is 0 Å². The van der Waals surface area contributed by atoms with E-state index >= 15 is 0 Å². The van der Waals surface area contributed by atoms with Crippen molar-refractivity contribution in [1.29, 1.82) is 0 Å². The Morgan fingerprint density at radius 1 is 1.50 bits per heavy atom. The Bertz CT molecular complexity index is 741. The molecule has 0 radical (unpaired) electrons. The number of carbonyl (C=O) groups is 3. The van der Waals surface area contributed by atoms with Gasteiger partial charge in [-0.15, -0.1) is 0 Å². The molecular weight excluding hydrogens is 368 g/mol. The molecule has 0 aromatic rings. The van der Waals surface area contributed by atoms with E-state index in [0.717, 1.165) is 0 Å². The van der Waals surface area contributed by atoms with Gasteiger partial charge in [0.15, 0.2) is 0 Å². The monoisotopic (exact) mass is 392 g/mol. The Kier molecular flexibility index (Phi) is 5.71. The van der Waals surface area contributed by atoms with Crippen LogP contribution >= 0.6 is 0 Å². The van der Waals surface area contributed by atoms with Crippen molar-refractivity contribution in [3.05, 3.63) is 35.6 Å². The SMILES string of the molecule is C=C1C(=O)OC2C1C(OC(=O)CC=C(C)O)C=C(C=O)CCCC1(CO1)C2O. The van der Waals surface area contributed by atoms with Gasteiger partial charge in [0.1, 0.15) is 30.2 Å². The summed E-state index contributed by atoms with van der Waals surface area (Å²) in [6.45, 7) is 5.49. The van der Waals surface area contributed by atoms with Crippen LogP contribution in [0.15, 0.2) is 35.6 Å². The number of hydrogen-bond donors (Lipinski definition) is 2. The fourth-order valence-corrected chi connectivity index (χ4v) is 3.73. The third kappa shape index (κ3) is 4.02. The summed E-state index contributed by atoms with van der Waals surface area (Å²) in [5.74, 6) is -2.22. The zero-order valence-electron chi connectivity index (χ0n) is 15.6. The van der Waals surface area contributed by atoms with Crippen molar-refractivity contribution in [2.75, 3.05) is 6.61 Å². The lowest BCUT2D eigenvalue weighted by Gasteiger charge is -2.31. The summed E-state index contributed by atoms with van der Waals surface area (Å²) in [7, 11) is 0. The van der Waals surface area contributed by atoms with Gasteiger partial charge in [-0.05, 0) is 43.9 Å². The van der Waals surface area contributed by atoms with Crippen molar-refractivity contribution in [2.24, 2.45) is 5.92 Å². The minimum atomic E-state index is -1.10. The molecule has 152 valence electrons. The van der Waals surface area contributed by atoms with Gasteiger partial charge in [-0.1, -0.05) is 6.58 Å². The van der Waals surface area contributed by atoms with Crippen LogP contribution < -0.4 is 0 Å². The summed E-state index contributed by atoms with van der Waals surface area (Å²) in [5.41, 5.74) is -0.344. The zero-order valence-corrected chi connectivity index (χ0v) is 15.6. The molecule has 3 rings (SSSR count). The van der Waals surface area contributed by atoms with E-state index in [-0.39, 0.29) is 17.8 Å². The predicted molar refractivity (Wildman–Crippen MR) is 96.1 cm³/mol.